The van der Waals surface area contributed by atoms with Gasteiger partial charge in [0.15, 0.2) is 0 Å². The maximum atomic E-state index is 12.5. The van der Waals surface area contributed by atoms with E-state index in [-0.39, 0.29) is 24.7 Å². The Morgan fingerprint density at radius 3 is 2.67 bits per heavy atom. The molecule has 1 aromatic rings. The quantitative estimate of drug-likeness (QED) is 0.404. The number of aliphatic hydroxyl groups is 1. The predicted octanol–water partition coefficient (Wildman–Crippen LogP) is -1.30. The minimum atomic E-state index is -0.578. The smallest absolute Gasteiger partial charge is 0.237 e. The van der Waals surface area contributed by atoms with Gasteiger partial charge in [0.2, 0.25) is 5.91 Å². The zero-order valence-electron chi connectivity index (χ0n) is 15.5. The van der Waals surface area contributed by atoms with Gasteiger partial charge in [-0.3, -0.25) is 25.6 Å². The van der Waals surface area contributed by atoms with Gasteiger partial charge >= 0.3 is 0 Å². The molecule has 8 heteroatoms. The number of carbonyl (C=O) groups is 1. The Morgan fingerprint density at radius 2 is 2.00 bits per heavy atom. The molecule has 5 N–H and O–H groups in total. The van der Waals surface area contributed by atoms with Gasteiger partial charge in [0.25, 0.3) is 0 Å². The first-order valence-corrected chi connectivity index (χ1v) is 9.73. The van der Waals surface area contributed by atoms with Crippen LogP contribution in [0.4, 0.5) is 0 Å². The Bertz CT molecular complexity index is 629. The van der Waals surface area contributed by atoms with E-state index in [9.17, 15) is 9.90 Å². The van der Waals surface area contributed by atoms with Gasteiger partial charge in [-0.1, -0.05) is 24.3 Å². The van der Waals surface area contributed by atoms with Gasteiger partial charge in [-0.05, 0) is 11.1 Å². The molecule has 0 radical (unpaired) electrons. The summed E-state index contributed by atoms with van der Waals surface area (Å²) in [6.45, 7) is 4.58. The molecule has 3 aliphatic heterocycles. The zero-order chi connectivity index (χ0) is 18.6. The van der Waals surface area contributed by atoms with Crippen molar-refractivity contribution in [2.24, 2.45) is 0 Å². The molecular weight excluding hydrogens is 346 g/mol. The molecule has 4 rings (SSSR count). The minimum Gasteiger partial charge on any atom is -0.390 e. The Labute approximate surface area is 159 Å². The third-order valence-electron chi connectivity index (χ3n) is 5.45. The van der Waals surface area contributed by atoms with Crippen LogP contribution in [0.15, 0.2) is 24.3 Å². The summed E-state index contributed by atoms with van der Waals surface area (Å²) in [5.74, 6) is -0.0584. The first kappa shape index (κ1) is 18.8. The van der Waals surface area contributed by atoms with Crippen LogP contribution in [0.1, 0.15) is 17.5 Å². The second-order valence-corrected chi connectivity index (χ2v) is 7.66. The van der Waals surface area contributed by atoms with Crippen molar-refractivity contribution in [3.63, 3.8) is 0 Å². The van der Waals surface area contributed by atoms with Crippen molar-refractivity contribution < 1.29 is 14.6 Å². The average molecular weight is 375 g/mol. The number of amides is 1. The van der Waals surface area contributed by atoms with E-state index in [1.165, 1.54) is 11.1 Å². The lowest BCUT2D eigenvalue weighted by Gasteiger charge is -2.36. The number of ether oxygens (including phenoxy) is 1. The van der Waals surface area contributed by atoms with Gasteiger partial charge in [0.1, 0.15) is 0 Å². The molecule has 1 aromatic carbocycles. The van der Waals surface area contributed by atoms with E-state index < -0.39 is 6.10 Å². The fourth-order valence-corrected chi connectivity index (χ4v) is 3.89. The first-order valence-electron chi connectivity index (χ1n) is 9.73. The van der Waals surface area contributed by atoms with Crippen molar-refractivity contribution in [2.75, 3.05) is 33.0 Å². The zero-order valence-corrected chi connectivity index (χ0v) is 15.5. The Hall–Kier alpha value is -1.55. The molecule has 0 saturated carbocycles. The topological polar surface area (TPSA) is 97.9 Å². The number of hydrogen-bond donors (Lipinski definition) is 5. The third-order valence-corrected chi connectivity index (χ3v) is 5.45. The van der Waals surface area contributed by atoms with Crippen molar-refractivity contribution in [2.45, 2.75) is 43.9 Å². The molecule has 2 unspecified atom stereocenters. The lowest BCUT2D eigenvalue weighted by molar-refractivity contribution is -0.124. The van der Waals surface area contributed by atoms with Gasteiger partial charge in [0, 0.05) is 39.3 Å². The number of rotatable bonds is 7. The summed E-state index contributed by atoms with van der Waals surface area (Å²) in [5.41, 5.74) is 2.64. The van der Waals surface area contributed by atoms with E-state index in [4.69, 9.17) is 4.74 Å². The molecule has 2 fully saturated rings. The van der Waals surface area contributed by atoms with Crippen molar-refractivity contribution >= 4 is 5.91 Å². The van der Waals surface area contributed by atoms with Gasteiger partial charge in [-0.25, -0.2) is 0 Å². The molecule has 1 amide bonds. The largest absolute Gasteiger partial charge is 0.390 e. The summed E-state index contributed by atoms with van der Waals surface area (Å²) < 4.78 is 5.17. The summed E-state index contributed by atoms with van der Waals surface area (Å²) in [7, 11) is 0. The molecule has 0 spiro atoms. The molecule has 0 bridgehead atoms. The van der Waals surface area contributed by atoms with E-state index in [0.717, 1.165) is 26.3 Å². The van der Waals surface area contributed by atoms with Crippen LogP contribution in [0.5, 0.6) is 0 Å². The lowest BCUT2D eigenvalue weighted by atomic mass is 10.1. The molecule has 27 heavy (non-hydrogen) atoms. The van der Waals surface area contributed by atoms with Crippen LogP contribution < -0.4 is 21.3 Å². The number of carbonyl (C=O) groups excluding carboxylic acids is 1. The molecule has 0 aliphatic carbocycles. The number of β-amino-alcohol motifs (C(OH)–C–C–N with tert-alkyl or cyclic N) is 1. The molecular formula is C19H29N5O3. The van der Waals surface area contributed by atoms with Crippen LogP contribution in [-0.2, 0) is 22.6 Å². The van der Waals surface area contributed by atoms with Crippen molar-refractivity contribution in [1.82, 2.24) is 26.2 Å². The third kappa shape index (κ3) is 4.84. The molecule has 3 atom stereocenters. The summed E-state index contributed by atoms with van der Waals surface area (Å²) in [6.07, 6.45) is 0.190. The van der Waals surface area contributed by atoms with Gasteiger partial charge in [-0.2, -0.15) is 0 Å². The second-order valence-electron chi connectivity index (χ2n) is 7.66. The number of hydrogen-bond acceptors (Lipinski definition) is 7. The highest BCUT2D eigenvalue weighted by molar-refractivity contribution is 5.81. The van der Waals surface area contributed by atoms with Gasteiger partial charge in [-0.15, -0.1) is 0 Å². The highest BCUT2D eigenvalue weighted by Crippen LogP contribution is 2.21. The maximum absolute atomic E-state index is 12.5. The summed E-state index contributed by atoms with van der Waals surface area (Å²) in [4.78, 5) is 14.7. The number of nitrogens with one attached hydrogen (secondary N) is 4. The molecule has 3 heterocycles. The van der Waals surface area contributed by atoms with Crippen LogP contribution in [0.25, 0.3) is 0 Å². The highest BCUT2D eigenvalue weighted by atomic mass is 16.5. The van der Waals surface area contributed by atoms with Crippen LogP contribution in [0.2, 0.25) is 0 Å². The Morgan fingerprint density at radius 1 is 1.26 bits per heavy atom. The predicted molar refractivity (Wildman–Crippen MR) is 101 cm³/mol. The summed E-state index contributed by atoms with van der Waals surface area (Å²) in [5, 5.41) is 23.2. The van der Waals surface area contributed by atoms with E-state index in [1.807, 2.05) is 12.1 Å². The lowest BCUT2D eigenvalue weighted by Crippen LogP contribution is -2.64. The first-order chi connectivity index (χ1) is 13.2. The number of benzene rings is 1. The molecule has 2 saturated heterocycles. The Balaban J connectivity index is 1.17. The van der Waals surface area contributed by atoms with E-state index in [2.05, 4.69) is 38.3 Å². The van der Waals surface area contributed by atoms with Gasteiger partial charge in [0.05, 0.1) is 37.6 Å². The van der Waals surface area contributed by atoms with E-state index in [1.54, 1.807) is 0 Å². The van der Waals surface area contributed by atoms with E-state index in [0.29, 0.717) is 25.7 Å². The summed E-state index contributed by atoms with van der Waals surface area (Å²) >= 11 is 0. The number of aliphatic hydroxyl groups excluding tert-OH is 1. The fourth-order valence-electron chi connectivity index (χ4n) is 3.89. The van der Waals surface area contributed by atoms with Crippen LogP contribution >= 0.6 is 0 Å². The van der Waals surface area contributed by atoms with Crippen LogP contribution in [0, 0.1) is 0 Å². The minimum absolute atomic E-state index is 0.0584. The van der Waals surface area contributed by atoms with Crippen molar-refractivity contribution in [1.29, 1.82) is 0 Å². The molecule has 8 nitrogen and oxygen atoms in total. The Kier molecular flexibility index (Phi) is 6.01. The maximum Gasteiger partial charge on any atom is 0.237 e. The van der Waals surface area contributed by atoms with E-state index >= 15 is 0 Å². The molecule has 148 valence electrons. The standard InChI is InChI=1S/C19H29N5O3/c25-16(9-24-7-13-3-1-2-4-14(13)8-24)6-20-19(26)17-5-18(22-12-21-17)23-15-10-27-11-15/h1-4,15-18,21-23,25H,5-12H2,(H,20,26)/t16-,17?,18?/m0/s1. The monoisotopic (exact) mass is 375 g/mol. The van der Waals surface area contributed by atoms with Crippen LogP contribution in [0.3, 0.4) is 0 Å². The summed E-state index contributed by atoms with van der Waals surface area (Å²) in [6, 6.07) is 8.47. The van der Waals surface area contributed by atoms with Crippen molar-refractivity contribution in [3.05, 3.63) is 35.4 Å². The normalized spacial score (nSPS) is 27.0. The molecule has 0 aromatic heterocycles. The van der Waals surface area contributed by atoms with Crippen LogP contribution in [-0.4, -0.2) is 73.2 Å². The van der Waals surface area contributed by atoms with Gasteiger partial charge < -0.3 is 15.2 Å². The molecule has 3 aliphatic rings. The second kappa shape index (κ2) is 8.64. The SMILES string of the molecule is O=C(NC[C@H](O)CN1Cc2ccccc2C1)C1CC(NC2COC2)NCN1. The van der Waals surface area contributed by atoms with Crippen molar-refractivity contribution in [3.8, 4) is 0 Å². The fraction of sp³-hybridized carbons (Fsp3) is 0.632. The number of nitrogens with zero attached hydrogens (tertiary/aromatic N) is 1. The number of fused-ring (bicyclic) bond motifs is 1. The highest BCUT2D eigenvalue weighted by Gasteiger charge is 2.30. The average Bonchev–Trinajstić information content (AvgIpc) is 3.05.